The fourth-order valence-electron chi connectivity index (χ4n) is 4.49. The highest BCUT2D eigenvalue weighted by molar-refractivity contribution is 5.84. The number of piperazine rings is 1. The SMILES string of the molecule is CCC(C(=O)N1CCN(c2ccc(-c3cc(C)c(C)cc3C)nn2)CC1)c1ccccc1. The number of nitrogens with zero attached hydrogens (tertiary/aromatic N) is 4. The van der Waals surface area contributed by atoms with E-state index in [0.29, 0.717) is 13.1 Å². The molecule has 1 aliphatic rings. The third-order valence-electron chi connectivity index (χ3n) is 6.59. The molecular formula is C27H32N4O. The number of amides is 1. The molecule has 1 unspecified atom stereocenters. The van der Waals surface area contributed by atoms with Crippen LogP contribution in [0.4, 0.5) is 5.82 Å². The molecule has 0 radical (unpaired) electrons. The quantitative estimate of drug-likeness (QED) is 0.579. The number of aromatic nitrogens is 2. The maximum atomic E-state index is 13.1. The van der Waals surface area contributed by atoms with Gasteiger partial charge in [-0.3, -0.25) is 4.79 Å². The van der Waals surface area contributed by atoms with Gasteiger partial charge in [-0.05, 0) is 67.6 Å². The number of benzene rings is 2. The zero-order valence-corrected chi connectivity index (χ0v) is 19.5. The molecule has 1 amide bonds. The van der Waals surface area contributed by atoms with E-state index in [1.165, 1.54) is 16.7 Å². The molecule has 1 atom stereocenters. The molecule has 0 N–H and O–H groups in total. The van der Waals surface area contributed by atoms with Crippen LogP contribution >= 0.6 is 0 Å². The summed E-state index contributed by atoms with van der Waals surface area (Å²) >= 11 is 0. The van der Waals surface area contributed by atoms with E-state index in [1.807, 2.05) is 29.2 Å². The minimum atomic E-state index is -0.0666. The zero-order chi connectivity index (χ0) is 22.7. The van der Waals surface area contributed by atoms with Gasteiger partial charge in [0.15, 0.2) is 5.82 Å². The van der Waals surface area contributed by atoms with Gasteiger partial charge in [0, 0.05) is 31.7 Å². The Morgan fingerprint density at radius 2 is 1.56 bits per heavy atom. The van der Waals surface area contributed by atoms with Crippen molar-refractivity contribution in [2.45, 2.75) is 40.0 Å². The van der Waals surface area contributed by atoms with E-state index in [1.54, 1.807) is 0 Å². The summed E-state index contributed by atoms with van der Waals surface area (Å²) in [6.45, 7) is 11.4. The molecule has 2 heterocycles. The smallest absolute Gasteiger partial charge is 0.230 e. The Bertz CT molecular complexity index is 1070. The lowest BCUT2D eigenvalue weighted by Gasteiger charge is -2.36. The number of carbonyl (C=O) groups excluding carboxylic acids is 1. The van der Waals surface area contributed by atoms with Gasteiger partial charge in [0.2, 0.25) is 5.91 Å². The second-order valence-corrected chi connectivity index (χ2v) is 8.71. The van der Waals surface area contributed by atoms with Crippen molar-refractivity contribution in [1.82, 2.24) is 15.1 Å². The number of rotatable bonds is 5. The number of hydrogen-bond acceptors (Lipinski definition) is 4. The first-order valence-corrected chi connectivity index (χ1v) is 11.5. The summed E-state index contributed by atoms with van der Waals surface area (Å²) in [5.41, 5.74) is 6.90. The molecule has 4 rings (SSSR count). The fraction of sp³-hybridized carbons (Fsp3) is 0.370. The lowest BCUT2D eigenvalue weighted by molar-refractivity contribution is -0.133. The van der Waals surface area contributed by atoms with E-state index >= 15 is 0 Å². The molecule has 0 aliphatic carbocycles. The fourth-order valence-corrected chi connectivity index (χ4v) is 4.49. The van der Waals surface area contributed by atoms with Crippen LogP contribution in [-0.2, 0) is 4.79 Å². The molecule has 3 aromatic rings. The number of carbonyl (C=O) groups is 1. The van der Waals surface area contributed by atoms with Crippen LogP contribution < -0.4 is 4.90 Å². The molecule has 2 aromatic carbocycles. The summed E-state index contributed by atoms with van der Waals surface area (Å²) < 4.78 is 0. The van der Waals surface area contributed by atoms with Crippen molar-refractivity contribution in [1.29, 1.82) is 0 Å². The van der Waals surface area contributed by atoms with Gasteiger partial charge >= 0.3 is 0 Å². The monoisotopic (exact) mass is 428 g/mol. The molecule has 1 fully saturated rings. The second-order valence-electron chi connectivity index (χ2n) is 8.71. The maximum absolute atomic E-state index is 13.1. The van der Waals surface area contributed by atoms with Crippen molar-refractivity contribution in [2.75, 3.05) is 31.1 Å². The van der Waals surface area contributed by atoms with E-state index in [0.717, 1.165) is 42.1 Å². The summed E-state index contributed by atoms with van der Waals surface area (Å²) in [4.78, 5) is 17.4. The summed E-state index contributed by atoms with van der Waals surface area (Å²) in [5, 5.41) is 9.03. The van der Waals surface area contributed by atoms with Gasteiger partial charge in [-0.25, -0.2) is 0 Å². The summed E-state index contributed by atoms with van der Waals surface area (Å²) in [6, 6.07) is 18.6. The number of aryl methyl sites for hydroxylation is 3. The van der Waals surface area contributed by atoms with Crippen molar-refractivity contribution in [3.63, 3.8) is 0 Å². The molecule has 1 aliphatic heterocycles. The van der Waals surface area contributed by atoms with E-state index in [2.05, 4.69) is 73.1 Å². The Morgan fingerprint density at radius 1 is 0.875 bits per heavy atom. The van der Waals surface area contributed by atoms with Crippen LogP contribution in [0.25, 0.3) is 11.3 Å². The lowest BCUT2D eigenvalue weighted by Crippen LogP contribution is -2.50. The minimum Gasteiger partial charge on any atom is -0.352 e. The molecule has 0 bridgehead atoms. The minimum absolute atomic E-state index is 0.0666. The molecule has 32 heavy (non-hydrogen) atoms. The van der Waals surface area contributed by atoms with Crippen molar-refractivity contribution < 1.29 is 4.79 Å². The Labute approximate surface area is 191 Å². The molecule has 0 saturated carbocycles. The molecule has 166 valence electrons. The lowest BCUT2D eigenvalue weighted by atomic mass is 9.95. The second kappa shape index (κ2) is 9.51. The highest BCUT2D eigenvalue weighted by atomic mass is 16.2. The Morgan fingerprint density at radius 3 is 2.19 bits per heavy atom. The predicted molar refractivity (Wildman–Crippen MR) is 130 cm³/mol. The highest BCUT2D eigenvalue weighted by Gasteiger charge is 2.28. The Hall–Kier alpha value is -3.21. The van der Waals surface area contributed by atoms with Crippen LogP contribution in [0, 0.1) is 20.8 Å². The van der Waals surface area contributed by atoms with Gasteiger partial charge in [0.05, 0.1) is 11.6 Å². The maximum Gasteiger partial charge on any atom is 0.230 e. The van der Waals surface area contributed by atoms with Gasteiger partial charge in [0.1, 0.15) is 0 Å². The third kappa shape index (κ3) is 4.52. The van der Waals surface area contributed by atoms with Crippen LogP contribution in [0.15, 0.2) is 54.6 Å². The van der Waals surface area contributed by atoms with Crippen LogP contribution in [0.5, 0.6) is 0 Å². The number of hydrogen-bond donors (Lipinski definition) is 0. The average molecular weight is 429 g/mol. The molecular weight excluding hydrogens is 396 g/mol. The zero-order valence-electron chi connectivity index (χ0n) is 19.5. The summed E-state index contributed by atoms with van der Waals surface area (Å²) in [6.07, 6.45) is 0.813. The van der Waals surface area contributed by atoms with Crippen molar-refractivity contribution in [2.24, 2.45) is 0 Å². The Kier molecular flexibility index (Phi) is 6.54. The topological polar surface area (TPSA) is 49.3 Å². The van der Waals surface area contributed by atoms with Crippen LogP contribution in [0.3, 0.4) is 0 Å². The van der Waals surface area contributed by atoms with Gasteiger partial charge in [-0.15, -0.1) is 10.2 Å². The highest BCUT2D eigenvalue weighted by Crippen LogP contribution is 2.26. The van der Waals surface area contributed by atoms with Crippen molar-refractivity contribution in [3.8, 4) is 11.3 Å². The average Bonchev–Trinajstić information content (AvgIpc) is 2.83. The van der Waals surface area contributed by atoms with E-state index in [4.69, 9.17) is 0 Å². The summed E-state index contributed by atoms with van der Waals surface area (Å²) in [7, 11) is 0. The molecule has 5 heteroatoms. The van der Waals surface area contributed by atoms with Gasteiger partial charge in [0.25, 0.3) is 0 Å². The van der Waals surface area contributed by atoms with E-state index < -0.39 is 0 Å². The molecule has 0 spiro atoms. The molecule has 1 aromatic heterocycles. The normalized spacial score (nSPS) is 15.0. The van der Waals surface area contributed by atoms with Crippen LogP contribution in [0.1, 0.15) is 41.5 Å². The largest absolute Gasteiger partial charge is 0.352 e. The van der Waals surface area contributed by atoms with Gasteiger partial charge in [-0.1, -0.05) is 43.3 Å². The van der Waals surface area contributed by atoms with Gasteiger partial charge in [-0.2, -0.15) is 0 Å². The predicted octanol–water partition coefficient (Wildman–Crippen LogP) is 4.91. The number of anilines is 1. The molecule has 5 nitrogen and oxygen atoms in total. The summed E-state index contributed by atoms with van der Waals surface area (Å²) in [5.74, 6) is 1.03. The van der Waals surface area contributed by atoms with E-state index in [-0.39, 0.29) is 11.8 Å². The first-order chi connectivity index (χ1) is 15.5. The van der Waals surface area contributed by atoms with Gasteiger partial charge < -0.3 is 9.80 Å². The first-order valence-electron chi connectivity index (χ1n) is 11.5. The van der Waals surface area contributed by atoms with Crippen molar-refractivity contribution in [3.05, 3.63) is 76.9 Å². The van der Waals surface area contributed by atoms with Crippen molar-refractivity contribution >= 4 is 11.7 Å². The van der Waals surface area contributed by atoms with Crippen LogP contribution in [-0.4, -0.2) is 47.2 Å². The van der Waals surface area contributed by atoms with E-state index in [9.17, 15) is 4.79 Å². The molecule has 1 saturated heterocycles. The first kappa shape index (κ1) is 22.0. The van der Waals surface area contributed by atoms with Crippen LogP contribution in [0.2, 0.25) is 0 Å². The third-order valence-corrected chi connectivity index (χ3v) is 6.59. The standard InChI is InChI=1S/C27H32N4O/c1-5-23(22-9-7-6-8-10-22)27(32)31-15-13-30(14-16-31)26-12-11-25(28-29-26)24-18-20(3)19(2)17-21(24)4/h6-12,17-18,23H,5,13-16H2,1-4H3. The Balaban J connectivity index is 1.41.